The largest absolute Gasteiger partial charge is 0.315 e. The molecule has 0 unspecified atom stereocenters. The summed E-state index contributed by atoms with van der Waals surface area (Å²) in [5.74, 6) is -1.07. The van der Waals surface area contributed by atoms with Gasteiger partial charge >= 0.3 is 0 Å². The molecule has 0 spiro atoms. The van der Waals surface area contributed by atoms with Crippen LogP contribution in [0, 0.1) is 18.6 Å². The molecule has 0 aliphatic carbocycles. The predicted molar refractivity (Wildman–Crippen MR) is 104 cm³/mol. The third kappa shape index (κ3) is 2.62. The van der Waals surface area contributed by atoms with Crippen LogP contribution in [0.2, 0.25) is 0 Å². The summed E-state index contributed by atoms with van der Waals surface area (Å²) < 4.78 is 32.5. The van der Waals surface area contributed by atoms with Crippen molar-refractivity contribution in [2.75, 3.05) is 13.1 Å². The number of hydrogen-bond acceptors (Lipinski definition) is 3. The molecule has 1 saturated heterocycles. The van der Waals surface area contributed by atoms with Crippen molar-refractivity contribution in [1.82, 2.24) is 19.3 Å². The number of benzene rings is 1. The van der Waals surface area contributed by atoms with Gasteiger partial charge in [0.15, 0.2) is 11.5 Å². The molecular weight excluding hydrogens is 362 g/mol. The van der Waals surface area contributed by atoms with Crippen molar-refractivity contribution >= 4 is 16.4 Å². The minimum Gasteiger partial charge on any atom is -0.315 e. The summed E-state index contributed by atoms with van der Waals surface area (Å²) in [5.41, 5.74) is 1.63. The molecule has 1 fully saturated rings. The Morgan fingerprint density at radius 1 is 1.14 bits per heavy atom. The Hall–Kier alpha value is -3.06. The van der Waals surface area contributed by atoms with Gasteiger partial charge in [-0.1, -0.05) is 0 Å². The number of rotatable bonds is 2. The molecule has 0 saturated carbocycles. The molecule has 4 heterocycles. The Bertz CT molecular complexity index is 1290. The number of aromatic nitrogens is 3. The van der Waals surface area contributed by atoms with Crippen LogP contribution in [0.1, 0.15) is 18.2 Å². The van der Waals surface area contributed by atoms with Gasteiger partial charge in [-0.3, -0.25) is 4.79 Å². The highest BCUT2D eigenvalue weighted by molar-refractivity contribution is 5.87. The fraction of sp³-hybridized carbons (Fsp3) is 0.238. The Balaban J connectivity index is 1.68. The first kappa shape index (κ1) is 17.1. The second-order valence-corrected chi connectivity index (χ2v) is 7.29. The molecule has 0 amide bonds. The van der Waals surface area contributed by atoms with E-state index in [4.69, 9.17) is 0 Å². The monoisotopic (exact) mass is 380 g/mol. The molecule has 3 aromatic heterocycles. The highest BCUT2D eigenvalue weighted by Crippen LogP contribution is 2.28. The molecule has 5 nitrogen and oxygen atoms in total. The fourth-order valence-electron chi connectivity index (χ4n) is 4.01. The van der Waals surface area contributed by atoms with Crippen LogP contribution in [0.3, 0.4) is 0 Å². The maximum absolute atomic E-state index is 14.9. The molecule has 5 rings (SSSR count). The molecule has 4 aromatic rings. The molecule has 0 radical (unpaired) electrons. The van der Waals surface area contributed by atoms with Gasteiger partial charge in [-0.05, 0) is 55.1 Å². The van der Waals surface area contributed by atoms with E-state index < -0.39 is 11.6 Å². The maximum atomic E-state index is 14.9. The molecule has 0 bridgehead atoms. The SMILES string of the molecule is Cc1cn2cc(-c3cc(F)c4c(=O)n([C@@H]5CCNC5)ccc4c3)cc(F)c2n1. The summed E-state index contributed by atoms with van der Waals surface area (Å²) in [7, 11) is 0. The molecule has 1 N–H and O–H groups in total. The molecule has 7 heteroatoms. The quantitative estimate of drug-likeness (QED) is 0.580. The Morgan fingerprint density at radius 3 is 2.75 bits per heavy atom. The van der Waals surface area contributed by atoms with Crippen molar-refractivity contribution < 1.29 is 8.78 Å². The maximum Gasteiger partial charge on any atom is 0.261 e. The van der Waals surface area contributed by atoms with Crippen molar-refractivity contribution in [2.24, 2.45) is 0 Å². The highest BCUT2D eigenvalue weighted by atomic mass is 19.1. The fourth-order valence-corrected chi connectivity index (χ4v) is 4.01. The number of nitrogens with one attached hydrogen (secondary N) is 1. The third-order valence-corrected chi connectivity index (χ3v) is 5.37. The van der Waals surface area contributed by atoms with Crippen LogP contribution in [0.5, 0.6) is 0 Å². The number of fused-ring (bicyclic) bond motifs is 2. The number of hydrogen-bond donors (Lipinski definition) is 1. The Morgan fingerprint density at radius 2 is 1.96 bits per heavy atom. The number of aryl methyl sites for hydroxylation is 1. The van der Waals surface area contributed by atoms with Crippen LogP contribution in [0.15, 0.2) is 47.7 Å². The molecule has 142 valence electrons. The number of pyridine rings is 2. The van der Waals surface area contributed by atoms with Crippen LogP contribution in [0.4, 0.5) is 8.78 Å². The van der Waals surface area contributed by atoms with E-state index >= 15 is 0 Å². The van der Waals surface area contributed by atoms with Gasteiger partial charge in [0.2, 0.25) is 0 Å². The van der Waals surface area contributed by atoms with Gasteiger partial charge in [-0.15, -0.1) is 0 Å². The van der Waals surface area contributed by atoms with E-state index in [-0.39, 0.29) is 22.6 Å². The zero-order chi connectivity index (χ0) is 19.4. The van der Waals surface area contributed by atoms with Gasteiger partial charge in [-0.25, -0.2) is 13.8 Å². The lowest BCUT2D eigenvalue weighted by atomic mass is 10.0. The smallest absolute Gasteiger partial charge is 0.261 e. The van der Waals surface area contributed by atoms with E-state index in [1.54, 1.807) is 46.6 Å². The topological polar surface area (TPSA) is 51.3 Å². The van der Waals surface area contributed by atoms with E-state index in [0.29, 0.717) is 28.8 Å². The summed E-state index contributed by atoms with van der Waals surface area (Å²) in [6.45, 7) is 3.33. The van der Waals surface area contributed by atoms with Crippen molar-refractivity contribution in [2.45, 2.75) is 19.4 Å². The minimum absolute atomic E-state index is 0.0389. The summed E-state index contributed by atoms with van der Waals surface area (Å²) in [5, 5.41) is 3.79. The molecule has 28 heavy (non-hydrogen) atoms. The summed E-state index contributed by atoms with van der Waals surface area (Å²) in [4.78, 5) is 17.0. The van der Waals surface area contributed by atoms with E-state index in [9.17, 15) is 13.6 Å². The van der Waals surface area contributed by atoms with Crippen molar-refractivity contribution in [3.8, 4) is 11.1 Å². The minimum atomic E-state index is -0.597. The number of halogens is 2. The van der Waals surface area contributed by atoms with Gasteiger partial charge in [-0.2, -0.15) is 0 Å². The lowest BCUT2D eigenvalue weighted by Gasteiger charge is -2.14. The number of imidazole rings is 1. The molecule has 1 aromatic carbocycles. The molecule has 1 atom stereocenters. The van der Waals surface area contributed by atoms with Crippen LogP contribution in [0.25, 0.3) is 27.5 Å². The van der Waals surface area contributed by atoms with E-state index in [2.05, 4.69) is 10.3 Å². The van der Waals surface area contributed by atoms with Gasteiger partial charge in [0, 0.05) is 30.7 Å². The molecular formula is C21H18F2N4O. The van der Waals surface area contributed by atoms with E-state index in [1.807, 2.05) is 0 Å². The normalized spacial score (nSPS) is 17.0. The Labute approximate surface area is 159 Å². The Kier molecular flexibility index (Phi) is 3.80. The zero-order valence-corrected chi connectivity index (χ0v) is 15.2. The lowest BCUT2D eigenvalue weighted by Crippen LogP contribution is -2.26. The summed E-state index contributed by atoms with van der Waals surface area (Å²) in [6.07, 6.45) is 5.99. The summed E-state index contributed by atoms with van der Waals surface area (Å²) in [6, 6.07) is 6.15. The molecule has 1 aliphatic heterocycles. The van der Waals surface area contributed by atoms with Crippen LogP contribution < -0.4 is 10.9 Å². The van der Waals surface area contributed by atoms with Crippen LogP contribution in [-0.4, -0.2) is 27.0 Å². The van der Waals surface area contributed by atoms with Crippen molar-refractivity contribution in [1.29, 1.82) is 0 Å². The van der Waals surface area contributed by atoms with E-state index in [0.717, 1.165) is 13.0 Å². The molecule has 1 aliphatic rings. The van der Waals surface area contributed by atoms with E-state index in [1.165, 1.54) is 12.1 Å². The van der Waals surface area contributed by atoms with Crippen LogP contribution in [-0.2, 0) is 0 Å². The third-order valence-electron chi connectivity index (χ3n) is 5.37. The van der Waals surface area contributed by atoms with Crippen LogP contribution >= 0.6 is 0 Å². The van der Waals surface area contributed by atoms with Crippen molar-refractivity contribution in [3.05, 3.63) is 70.5 Å². The first-order valence-corrected chi connectivity index (χ1v) is 9.21. The van der Waals surface area contributed by atoms with Gasteiger partial charge in [0.1, 0.15) is 5.82 Å². The highest BCUT2D eigenvalue weighted by Gasteiger charge is 2.20. The lowest BCUT2D eigenvalue weighted by molar-refractivity contribution is 0.530. The summed E-state index contributed by atoms with van der Waals surface area (Å²) >= 11 is 0. The second-order valence-electron chi connectivity index (χ2n) is 7.29. The standard InChI is InChI=1S/C21H18F2N4O/c1-12-10-26-11-15(8-18(23)20(26)25-12)14-6-13-3-5-27(16-2-4-24-9-16)21(28)19(13)17(22)7-14/h3,5-8,10-11,16,24H,2,4,9H2,1H3/t16-/m1/s1. The van der Waals surface area contributed by atoms with Gasteiger partial charge < -0.3 is 14.3 Å². The van der Waals surface area contributed by atoms with Gasteiger partial charge in [0.05, 0.1) is 17.1 Å². The first-order valence-electron chi connectivity index (χ1n) is 9.21. The second kappa shape index (κ2) is 6.24. The zero-order valence-electron chi connectivity index (χ0n) is 15.2. The average molecular weight is 380 g/mol. The van der Waals surface area contributed by atoms with Crippen molar-refractivity contribution in [3.63, 3.8) is 0 Å². The average Bonchev–Trinajstić information content (AvgIpc) is 3.31. The predicted octanol–water partition coefficient (Wildman–Crippen LogP) is 3.44. The first-order chi connectivity index (χ1) is 13.5. The van der Waals surface area contributed by atoms with Gasteiger partial charge in [0.25, 0.3) is 5.56 Å². The number of nitrogens with zero attached hydrogens (tertiary/aromatic N) is 3.